The normalized spacial score (nSPS) is 20.0. The van der Waals surface area contributed by atoms with Crippen LogP contribution in [0.3, 0.4) is 0 Å². The largest absolute Gasteiger partial charge is 3.00 e. The molecule has 0 saturated carbocycles. The molecule has 1 fully saturated rings. The summed E-state index contributed by atoms with van der Waals surface area (Å²) in [6, 6.07) is 6.05. The minimum absolute atomic E-state index is 0. The quantitative estimate of drug-likeness (QED) is 0.765. The van der Waals surface area contributed by atoms with Crippen molar-refractivity contribution in [2.75, 3.05) is 6.54 Å². The first-order valence-corrected chi connectivity index (χ1v) is 8.94. The molecule has 2 N–H and O–H groups in total. The maximum Gasteiger partial charge on any atom is 3.00 e. The Morgan fingerprint density at radius 2 is 1.92 bits per heavy atom. The second-order valence-corrected chi connectivity index (χ2v) is 7.27. The van der Waals surface area contributed by atoms with Crippen molar-refractivity contribution in [3.05, 3.63) is 36.1 Å². The molecule has 0 spiro atoms. The van der Waals surface area contributed by atoms with E-state index >= 15 is 0 Å². The van der Waals surface area contributed by atoms with Gasteiger partial charge in [0.2, 0.25) is 15.9 Å². The van der Waals surface area contributed by atoms with Crippen LogP contribution in [0.2, 0.25) is 0 Å². The molecule has 1 aliphatic rings. The summed E-state index contributed by atoms with van der Waals surface area (Å²) in [7, 11) is -3.81. The Labute approximate surface area is 167 Å². The number of amides is 2. The summed E-state index contributed by atoms with van der Waals surface area (Å²) in [5, 5.41) is 0. The first-order valence-electron chi connectivity index (χ1n) is 7.46. The molecular formula is C15H20N3O4SY+2. The summed E-state index contributed by atoms with van der Waals surface area (Å²) in [6.07, 6.45) is 1.72. The Morgan fingerprint density at radius 1 is 1.29 bits per heavy atom. The minimum atomic E-state index is -3.81. The molecule has 0 aromatic heterocycles. The van der Waals surface area contributed by atoms with Crippen molar-refractivity contribution in [1.82, 2.24) is 9.62 Å². The topological polar surface area (TPSA) is 107 Å². The average Bonchev–Trinajstić information content (AvgIpc) is 2.69. The fraction of sp³-hybridized carbons (Fsp3) is 0.467. The zero-order chi connectivity index (χ0) is 17.0. The first kappa shape index (κ1) is 21.2. The van der Waals surface area contributed by atoms with E-state index in [0.29, 0.717) is 25.8 Å². The second-order valence-electron chi connectivity index (χ2n) is 5.55. The Morgan fingerprint density at radius 3 is 2.50 bits per heavy atom. The molecule has 1 saturated heterocycles. The van der Waals surface area contributed by atoms with Gasteiger partial charge in [-0.1, -0.05) is 18.2 Å². The van der Waals surface area contributed by atoms with Gasteiger partial charge >= 0.3 is 32.7 Å². The van der Waals surface area contributed by atoms with Gasteiger partial charge in [0.25, 0.3) is 0 Å². The summed E-state index contributed by atoms with van der Waals surface area (Å²) in [5.41, 5.74) is 7.19. The van der Waals surface area contributed by atoms with Crippen LogP contribution in [-0.2, 0) is 52.3 Å². The first-order chi connectivity index (χ1) is 10.8. The van der Waals surface area contributed by atoms with Crippen LogP contribution in [0, 0.1) is 0 Å². The van der Waals surface area contributed by atoms with Crippen LogP contribution in [-0.4, -0.2) is 43.8 Å². The van der Waals surface area contributed by atoms with Gasteiger partial charge < -0.3 is 15.4 Å². The van der Waals surface area contributed by atoms with Crippen LogP contribution in [0.4, 0.5) is 0 Å². The van der Waals surface area contributed by atoms with E-state index in [0.717, 1.165) is 0 Å². The number of benzene rings is 1. The van der Waals surface area contributed by atoms with Crippen molar-refractivity contribution in [3.8, 4) is 0 Å². The van der Waals surface area contributed by atoms with Crippen molar-refractivity contribution in [3.63, 3.8) is 0 Å². The molecule has 2 atom stereocenters. The van der Waals surface area contributed by atoms with Gasteiger partial charge in [-0.2, -0.15) is 4.72 Å². The predicted octanol–water partition coefficient (Wildman–Crippen LogP) is 1.31. The molecule has 7 nitrogen and oxygen atoms in total. The molecule has 1 aromatic rings. The molecule has 1 aromatic carbocycles. The van der Waals surface area contributed by atoms with E-state index in [1.807, 2.05) is 0 Å². The molecule has 2 rings (SSSR count). The van der Waals surface area contributed by atoms with E-state index in [1.165, 1.54) is 24.0 Å². The molecule has 126 valence electrons. The molecule has 2 unspecified atom stereocenters. The SMILES string of the molecule is CC(C([NH-])=O)N1CCCCC(NS(=O)(=O)c2ccccc2)C1=O.[Y+3]. The van der Waals surface area contributed by atoms with Crippen LogP contribution in [0.25, 0.3) is 5.73 Å². The number of hydrogen-bond donors (Lipinski definition) is 1. The summed E-state index contributed by atoms with van der Waals surface area (Å²) < 4.78 is 27.2. The summed E-state index contributed by atoms with van der Waals surface area (Å²) in [4.78, 5) is 25.2. The van der Waals surface area contributed by atoms with Crippen molar-refractivity contribution in [1.29, 1.82) is 0 Å². The van der Waals surface area contributed by atoms with Crippen LogP contribution >= 0.6 is 0 Å². The van der Waals surface area contributed by atoms with Crippen molar-refractivity contribution in [2.45, 2.75) is 43.2 Å². The number of nitrogens with one attached hydrogen (secondary N) is 2. The van der Waals surface area contributed by atoms with Gasteiger partial charge in [0, 0.05) is 6.54 Å². The molecule has 24 heavy (non-hydrogen) atoms. The molecule has 0 radical (unpaired) electrons. The standard InChI is InChI=1S/C15H21N3O4S.Y/c1-11(14(16)19)18-10-6-5-9-13(15(18)20)17-23(21,22)12-7-3-2-4-8-12;/h2-4,7-8,11,13,17H,5-6,9-10H2,1H3,(H2,16,19);/q;+3/p-1. The molecule has 1 heterocycles. The number of carbonyl (C=O) groups excluding carboxylic acids is 2. The maximum absolute atomic E-state index is 12.6. The molecular weight excluding hydrogens is 407 g/mol. The molecule has 9 heteroatoms. The predicted molar refractivity (Wildman–Crippen MR) is 84.9 cm³/mol. The van der Waals surface area contributed by atoms with E-state index in [-0.39, 0.29) is 37.6 Å². The number of rotatable bonds is 5. The maximum atomic E-state index is 12.6. The Balaban J connectivity index is 0.00000288. The molecule has 1 aliphatic heterocycles. The van der Waals surface area contributed by atoms with Crippen LogP contribution < -0.4 is 4.72 Å². The van der Waals surface area contributed by atoms with Crippen LogP contribution in [0.15, 0.2) is 35.2 Å². The third-order valence-electron chi connectivity index (χ3n) is 3.92. The smallest absolute Gasteiger partial charge is 0.666 e. The van der Waals surface area contributed by atoms with Gasteiger partial charge in [-0.3, -0.25) is 4.79 Å². The van der Waals surface area contributed by atoms with E-state index in [4.69, 9.17) is 5.73 Å². The number of carbonyl (C=O) groups is 2. The van der Waals surface area contributed by atoms with E-state index < -0.39 is 33.9 Å². The van der Waals surface area contributed by atoms with Crippen molar-refractivity contribution < 1.29 is 50.7 Å². The fourth-order valence-electron chi connectivity index (χ4n) is 2.55. The Kier molecular flexibility index (Phi) is 7.99. The van der Waals surface area contributed by atoms with Gasteiger partial charge in [0.05, 0.1) is 16.8 Å². The van der Waals surface area contributed by atoms with Crippen molar-refractivity contribution >= 4 is 21.8 Å². The average molecular weight is 427 g/mol. The van der Waals surface area contributed by atoms with Gasteiger partial charge in [-0.25, -0.2) is 8.42 Å². The molecule has 2 amide bonds. The Bertz CT molecular complexity index is 681. The third-order valence-corrected chi connectivity index (χ3v) is 5.41. The van der Waals surface area contributed by atoms with Gasteiger partial charge in [0.1, 0.15) is 6.04 Å². The van der Waals surface area contributed by atoms with E-state index in [2.05, 4.69) is 4.72 Å². The van der Waals surface area contributed by atoms with Gasteiger partial charge in [-0.15, -0.1) is 0 Å². The Hall–Kier alpha value is -0.826. The van der Waals surface area contributed by atoms with Crippen LogP contribution in [0.5, 0.6) is 0 Å². The third kappa shape index (κ3) is 5.08. The molecule has 0 aliphatic carbocycles. The summed E-state index contributed by atoms with van der Waals surface area (Å²) in [5.74, 6) is -1.31. The van der Waals surface area contributed by atoms with Gasteiger partial charge in [-0.05, 0) is 38.3 Å². The monoisotopic (exact) mass is 427 g/mol. The number of nitrogens with zero attached hydrogens (tertiary/aromatic N) is 1. The van der Waals surface area contributed by atoms with E-state index in [9.17, 15) is 18.0 Å². The minimum Gasteiger partial charge on any atom is -0.666 e. The second kappa shape index (κ2) is 9.03. The van der Waals surface area contributed by atoms with Crippen LogP contribution in [0.1, 0.15) is 26.2 Å². The zero-order valence-corrected chi connectivity index (χ0v) is 17.1. The summed E-state index contributed by atoms with van der Waals surface area (Å²) >= 11 is 0. The number of likely N-dealkylation sites (tertiary alicyclic amines) is 1. The van der Waals surface area contributed by atoms with Crippen molar-refractivity contribution in [2.24, 2.45) is 0 Å². The molecule has 0 bridgehead atoms. The number of hydrogen-bond acceptors (Lipinski definition) is 4. The fourth-order valence-corrected chi connectivity index (χ4v) is 3.80. The summed E-state index contributed by atoms with van der Waals surface area (Å²) in [6.45, 7) is 1.84. The number of sulfonamides is 1. The zero-order valence-electron chi connectivity index (χ0n) is 13.4. The van der Waals surface area contributed by atoms with E-state index in [1.54, 1.807) is 18.2 Å². The van der Waals surface area contributed by atoms with Gasteiger partial charge in [0.15, 0.2) is 0 Å².